The molecule has 1 fully saturated rings. The number of hydrogen-bond acceptors (Lipinski definition) is 5. The molecule has 3 amide bonds. The Morgan fingerprint density at radius 1 is 0.917 bits per heavy atom. The van der Waals surface area contributed by atoms with Gasteiger partial charge >= 0.3 is 6.03 Å². The monoisotopic (exact) mass is 489 g/mol. The molecule has 36 heavy (non-hydrogen) atoms. The van der Waals surface area contributed by atoms with Crippen molar-refractivity contribution in [2.24, 2.45) is 0 Å². The second-order valence-electron chi connectivity index (χ2n) is 8.69. The second kappa shape index (κ2) is 12.2. The summed E-state index contributed by atoms with van der Waals surface area (Å²) in [6.07, 6.45) is 0.393. The average Bonchev–Trinajstić information content (AvgIpc) is 2.90. The van der Waals surface area contributed by atoms with Crippen molar-refractivity contribution in [1.29, 1.82) is 0 Å². The number of nitrogens with one attached hydrogen (secondary N) is 3. The summed E-state index contributed by atoms with van der Waals surface area (Å²) in [5.41, 5.74) is 3.49. The molecule has 1 aliphatic rings. The molecule has 3 atom stereocenters. The van der Waals surface area contributed by atoms with Crippen molar-refractivity contribution in [3.05, 3.63) is 78.9 Å². The number of carbonyl (C=O) groups excluding carboxylic acids is 2. The van der Waals surface area contributed by atoms with Crippen LogP contribution < -0.4 is 20.7 Å². The summed E-state index contributed by atoms with van der Waals surface area (Å²) in [7, 11) is 1.56. The molecule has 3 aromatic rings. The van der Waals surface area contributed by atoms with E-state index in [4.69, 9.17) is 9.47 Å². The molecule has 8 nitrogen and oxygen atoms in total. The van der Waals surface area contributed by atoms with Crippen LogP contribution in [-0.4, -0.2) is 49.0 Å². The highest BCUT2D eigenvalue weighted by Gasteiger charge is 2.33. The molecule has 0 aromatic heterocycles. The molecule has 0 unspecified atom stereocenters. The zero-order valence-electron chi connectivity index (χ0n) is 20.1. The zero-order valence-corrected chi connectivity index (χ0v) is 20.1. The summed E-state index contributed by atoms with van der Waals surface area (Å²) < 4.78 is 11.1. The van der Waals surface area contributed by atoms with Gasteiger partial charge in [-0.2, -0.15) is 0 Å². The fraction of sp³-hybridized carbons (Fsp3) is 0.286. The molecule has 1 heterocycles. The van der Waals surface area contributed by atoms with Gasteiger partial charge in [0.05, 0.1) is 32.3 Å². The highest BCUT2D eigenvalue weighted by atomic mass is 16.5. The van der Waals surface area contributed by atoms with E-state index in [1.165, 1.54) is 0 Å². The van der Waals surface area contributed by atoms with Crippen molar-refractivity contribution < 1.29 is 24.2 Å². The zero-order chi connectivity index (χ0) is 25.3. The molecule has 4 rings (SSSR count). The van der Waals surface area contributed by atoms with Crippen molar-refractivity contribution >= 4 is 23.3 Å². The van der Waals surface area contributed by atoms with E-state index in [0.717, 1.165) is 11.1 Å². The minimum atomic E-state index is -0.599. The van der Waals surface area contributed by atoms with Gasteiger partial charge in [-0.1, -0.05) is 48.5 Å². The predicted molar refractivity (Wildman–Crippen MR) is 139 cm³/mol. The molecule has 188 valence electrons. The minimum absolute atomic E-state index is 0.161. The first-order valence-electron chi connectivity index (χ1n) is 12.0. The number of aliphatic hydroxyl groups is 1. The number of ether oxygens (including phenoxy) is 2. The predicted octanol–water partition coefficient (Wildman–Crippen LogP) is 4.42. The fourth-order valence-corrected chi connectivity index (χ4v) is 4.28. The number of urea groups is 1. The van der Waals surface area contributed by atoms with Gasteiger partial charge in [0.25, 0.3) is 0 Å². The van der Waals surface area contributed by atoms with Crippen LogP contribution in [0.25, 0.3) is 11.1 Å². The van der Waals surface area contributed by atoms with Gasteiger partial charge in [0.15, 0.2) is 0 Å². The quantitative estimate of drug-likeness (QED) is 0.375. The van der Waals surface area contributed by atoms with Gasteiger partial charge in [-0.25, -0.2) is 4.79 Å². The summed E-state index contributed by atoms with van der Waals surface area (Å²) in [6, 6.07) is 24.0. The van der Waals surface area contributed by atoms with E-state index in [2.05, 4.69) is 16.0 Å². The molecular formula is C28H31N3O5. The van der Waals surface area contributed by atoms with Crippen LogP contribution in [-0.2, 0) is 9.53 Å². The van der Waals surface area contributed by atoms with Crippen LogP contribution in [0.15, 0.2) is 78.9 Å². The van der Waals surface area contributed by atoms with Crippen molar-refractivity contribution in [1.82, 2.24) is 5.32 Å². The average molecular weight is 490 g/mol. The van der Waals surface area contributed by atoms with E-state index >= 15 is 0 Å². The van der Waals surface area contributed by atoms with Gasteiger partial charge in [0, 0.05) is 17.4 Å². The van der Waals surface area contributed by atoms with E-state index in [1.807, 2.05) is 54.6 Å². The Balaban J connectivity index is 1.25. The van der Waals surface area contributed by atoms with Crippen LogP contribution >= 0.6 is 0 Å². The minimum Gasteiger partial charge on any atom is -0.497 e. The summed E-state index contributed by atoms with van der Waals surface area (Å²) in [5, 5.41) is 18.4. The molecule has 3 aromatic carbocycles. The summed E-state index contributed by atoms with van der Waals surface area (Å²) in [4.78, 5) is 25.1. The molecule has 0 spiro atoms. The van der Waals surface area contributed by atoms with Crippen molar-refractivity contribution in [2.45, 2.75) is 37.5 Å². The molecule has 0 bridgehead atoms. The van der Waals surface area contributed by atoms with Crippen LogP contribution in [0, 0.1) is 0 Å². The van der Waals surface area contributed by atoms with Crippen molar-refractivity contribution in [3.8, 4) is 16.9 Å². The van der Waals surface area contributed by atoms with Gasteiger partial charge in [-0.05, 0) is 48.2 Å². The van der Waals surface area contributed by atoms with E-state index < -0.39 is 12.1 Å². The highest BCUT2D eigenvalue weighted by molar-refractivity contribution is 5.91. The smallest absolute Gasteiger partial charge is 0.319 e. The maximum absolute atomic E-state index is 12.6. The van der Waals surface area contributed by atoms with Crippen LogP contribution in [0.4, 0.5) is 16.2 Å². The Hall–Kier alpha value is -3.88. The molecule has 0 radical (unpaired) electrons. The first kappa shape index (κ1) is 25.2. The van der Waals surface area contributed by atoms with E-state index in [9.17, 15) is 14.7 Å². The number of rotatable bonds is 8. The van der Waals surface area contributed by atoms with E-state index in [0.29, 0.717) is 30.0 Å². The number of benzene rings is 3. The summed E-state index contributed by atoms with van der Waals surface area (Å²) in [5.74, 6) is 0.474. The number of aliphatic hydroxyl groups excluding tert-OH is 1. The number of hydrogen-bond donors (Lipinski definition) is 4. The molecule has 1 aliphatic heterocycles. The Kier molecular flexibility index (Phi) is 8.54. The normalized spacial score (nSPS) is 19.2. The summed E-state index contributed by atoms with van der Waals surface area (Å²) >= 11 is 0. The van der Waals surface area contributed by atoms with Crippen LogP contribution in [0.2, 0.25) is 0 Å². The maximum atomic E-state index is 12.6. The first-order chi connectivity index (χ1) is 17.5. The largest absolute Gasteiger partial charge is 0.497 e. The van der Waals surface area contributed by atoms with Crippen LogP contribution in [0.3, 0.4) is 0 Å². The Labute approximate surface area is 210 Å². The Bertz CT molecular complexity index is 1150. The number of amides is 3. The van der Waals surface area contributed by atoms with Gasteiger partial charge < -0.3 is 30.5 Å². The molecule has 4 N–H and O–H groups in total. The highest BCUT2D eigenvalue weighted by Crippen LogP contribution is 2.24. The Morgan fingerprint density at radius 2 is 1.67 bits per heavy atom. The maximum Gasteiger partial charge on any atom is 0.319 e. The van der Waals surface area contributed by atoms with E-state index in [1.54, 1.807) is 31.4 Å². The van der Waals surface area contributed by atoms with Crippen LogP contribution in [0.5, 0.6) is 5.75 Å². The molecule has 0 aliphatic carbocycles. The van der Waals surface area contributed by atoms with E-state index in [-0.39, 0.29) is 31.1 Å². The second-order valence-corrected chi connectivity index (χ2v) is 8.69. The standard InChI is InChI=1S/C28H31N3O5/c1-35-23-9-5-8-22(16-23)30-28(34)31-25-15-14-24(36-26(25)18-32)17-27(33)29-21-12-10-20(11-13-21)19-6-3-2-4-7-19/h2-13,16,24-26,32H,14-15,17-18H2,1H3,(H,29,33)(H2,30,31,34)/t24-,25-,26+/m0/s1. The lowest BCUT2D eigenvalue weighted by atomic mass is 9.97. The van der Waals surface area contributed by atoms with Gasteiger partial charge in [-0.15, -0.1) is 0 Å². The molecule has 0 saturated carbocycles. The molecular weight excluding hydrogens is 458 g/mol. The third-order valence-electron chi connectivity index (χ3n) is 6.13. The van der Waals surface area contributed by atoms with Crippen molar-refractivity contribution in [3.63, 3.8) is 0 Å². The topological polar surface area (TPSA) is 109 Å². The summed E-state index contributed by atoms with van der Waals surface area (Å²) in [6.45, 7) is -0.261. The van der Waals surface area contributed by atoms with Crippen molar-refractivity contribution in [2.75, 3.05) is 24.4 Å². The van der Waals surface area contributed by atoms with Gasteiger partial charge in [-0.3, -0.25) is 4.79 Å². The molecule has 8 heteroatoms. The third kappa shape index (κ3) is 6.84. The van der Waals surface area contributed by atoms with Gasteiger partial charge in [0.1, 0.15) is 11.9 Å². The SMILES string of the molecule is COc1cccc(NC(=O)N[C@H]2CC[C@@H](CC(=O)Nc3ccc(-c4ccccc4)cc3)O[C@@H]2CO)c1. The lowest BCUT2D eigenvalue weighted by molar-refractivity contribution is -0.126. The lowest BCUT2D eigenvalue weighted by Crippen LogP contribution is -2.52. The molecule has 1 saturated heterocycles. The fourth-order valence-electron chi connectivity index (χ4n) is 4.28. The number of carbonyl (C=O) groups is 2. The number of methoxy groups -OCH3 is 1. The van der Waals surface area contributed by atoms with Crippen LogP contribution in [0.1, 0.15) is 19.3 Å². The Morgan fingerprint density at radius 3 is 2.39 bits per heavy atom. The first-order valence-corrected chi connectivity index (χ1v) is 12.0. The lowest BCUT2D eigenvalue weighted by Gasteiger charge is -2.35. The van der Waals surface area contributed by atoms with Gasteiger partial charge in [0.2, 0.25) is 5.91 Å². The third-order valence-corrected chi connectivity index (χ3v) is 6.13. The number of anilines is 2.